The highest BCUT2D eigenvalue weighted by Gasteiger charge is 2.19. The van der Waals surface area contributed by atoms with Crippen molar-refractivity contribution in [2.24, 2.45) is 0 Å². The molecule has 1 heterocycles. The first kappa shape index (κ1) is 16.0. The predicted molar refractivity (Wildman–Crippen MR) is 84.6 cm³/mol. The lowest BCUT2D eigenvalue weighted by molar-refractivity contribution is -0.122. The van der Waals surface area contributed by atoms with E-state index in [0.29, 0.717) is 18.8 Å². The first-order valence-corrected chi connectivity index (χ1v) is 7.36. The van der Waals surface area contributed by atoms with E-state index in [-0.39, 0.29) is 11.8 Å². The molecule has 0 aliphatic carbocycles. The summed E-state index contributed by atoms with van der Waals surface area (Å²) in [5.74, 6) is -0.585. The number of carbonyl (C=O) groups excluding carboxylic acids is 2. The molecule has 118 valence electrons. The molecule has 22 heavy (non-hydrogen) atoms. The van der Waals surface area contributed by atoms with Crippen molar-refractivity contribution in [3.05, 3.63) is 30.0 Å². The van der Waals surface area contributed by atoms with Gasteiger partial charge >= 0.3 is 0 Å². The van der Waals surface area contributed by atoms with Crippen molar-refractivity contribution < 1.29 is 9.59 Å². The van der Waals surface area contributed by atoms with E-state index in [9.17, 15) is 9.59 Å². The average Bonchev–Trinajstić information content (AvgIpc) is 2.95. The number of nitrogens with one attached hydrogen (secondary N) is 4. The Kier molecular flexibility index (Phi) is 5.48. The Morgan fingerprint density at radius 2 is 2.05 bits per heavy atom. The van der Waals surface area contributed by atoms with Crippen LogP contribution in [0, 0.1) is 0 Å². The second-order valence-electron chi connectivity index (χ2n) is 4.96. The summed E-state index contributed by atoms with van der Waals surface area (Å²) in [5, 5.41) is 16.1. The van der Waals surface area contributed by atoms with Gasteiger partial charge in [-0.1, -0.05) is 25.1 Å². The zero-order chi connectivity index (χ0) is 15.9. The fourth-order valence-corrected chi connectivity index (χ4v) is 2.07. The fraction of sp³-hybridized carbons (Fsp3) is 0.400. The van der Waals surface area contributed by atoms with Gasteiger partial charge in [-0.25, -0.2) is 0 Å². The zero-order valence-electron chi connectivity index (χ0n) is 12.8. The first-order valence-electron chi connectivity index (χ1n) is 7.36. The number of amides is 2. The van der Waals surface area contributed by atoms with Crippen LogP contribution in [0.4, 0.5) is 0 Å². The molecule has 0 fully saturated rings. The molecule has 7 heteroatoms. The van der Waals surface area contributed by atoms with Gasteiger partial charge in [-0.05, 0) is 19.5 Å². The molecule has 0 aliphatic heterocycles. The van der Waals surface area contributed by atoms with Gasteiger partial charge in [0.05, 0.1) is 5.52 Å². The molecule has 7 nitrogen and oxygen atoms in total. The van der Waals surface area contributed by atoms with Crippen molar-refractivity contribution in [1.82, 2.24) is 26.1 Å². The van der Waals surface area contributed by atoms with Crippen LogP contribution in [0.1, 0.15) is 24.3 Å². The molecule has 0 bridgehead atoms. The summed E-state index contributed by atoms with van der Waals surface area (Å²) in [4.78, 5) is 24.1. The quantitative estimate of drug-likeness (QED) is 0.557. The van der Waals surface area contributed by atoms with E-state index in [1.54, 1.807) is 6.92 Å². The Balaban J connectivity index is 1.92. The predicted octanol–water partition coefficient (Wildman–Crippen LogP) is 0.407. The van der Waals surface area contributed by atoms with Gasteiger partial charge in [0.15, 0.2) is 5.69 Å². The molecule has 2 amide bonds. The summed E-state index contributed by atoms with van der Waals surface area (Å²) in [6.45, 7) is 5.73. The highest BCUT2D eigenvalue weighted by atomic mass is 16.2. The molecule has 0 saturated heterocycles. The number of hydrogen-bond acceptors (Lipinski definition) is 4. The molecule has 2 rings (SSSR count). The molecule has 1 atom stereocenters. The van der Waals surface area contributed by atoms with Crippen LogP contribution in [-0.2, 0) is 4.79 Å². The van der Waals surface area contributed by atoms with Crippen molar-refractivity contribution in [3.63, 3.8) is 0 Å². The standard InChI is InChI=1S/C15H21N5O2/c1-3-16-8-9-17-14(21)10(2)18-15(22)13-11-6-4-5-7-12(11)19-20-13/h4-7,10,16H,3,8-9H2,1-2H3,(H,17,21)(H,18,22)(H,19,20). The Morgan fingerprint density at radius 3 is 2.82 bits per heavy atom. The summed E-state index contributed by atoms with van der Waals surface area (Å²) in [6, 6.07) is 6.74. The van der Waals surface area contributed by atoms with E-state index < -0.39 is 6.04 Å². The van der Waals surface area contributed by atoms with Crippen molar-refractivity contribution in [2.75, 3.05) is 19.6 Å². The highest BCUT2D eigenvalue weighted by molar-refractivity contribution is 6.05. The molecule has 0 aliphatic rings. The van der Waals surface area contributed by atoms with Gasteiger partial charge < -0.3 is 16.0 Å². The van der Waals surface area contributed by atoms with Gasteiger partial charge in [-0.15, -0.1) is 0 Å². The van der Waals surface area contributed by atoms with Crippen LogP contribution in [0.15, 0.2) is 24.3 Å². The summed E-state index contributed by atoms with van der Waals surface area (Å²) in [5.41, 5.74) is 1.08. The highest BCUT2D eigenvalue weighted by Crippen LogP contribution is 2.14. The maximum Gasteiger partial charge on any atom is 0.273 e. The number of nitrogens with zero attached hydrogens (tertiary/aromatic N) is 1. The lowest BCUT2D eigenvalue weighted by Crippen LogP contribution is -2.46. The molecule has 0 spiro atoms. The molecule has 1 aromatic carbocycles. The zero-order valence-corrected chi connectivity index (χ0v) is 12.8. The Bertz CT molecular complexity index is 652. The SMILES string of the molecule is CCNCCNC(=O)C(C)NC(=O)c1n[nH]c2ccccc12. The van der Waals surface area contributed by atoms with Gasteiger partial charge in [0.2, 0.25) is 5.91 Å². The second kappa shape index (κ2) is 7.56. The summed E-state index contributed by atoms with van der Waals surface area (Å²) in [6.07, 6.45) is 0. The molecule has 0 radical (unpaired) electrons. The van der Waals surface area contributed by atoms with E-state index in [0.717, 1.165) is 17.4 Å². The van der Waals surface area contributed by atoms with E-state index >= 15 is 0 Å². The maximum atomic E-state index is 12.2. The number of para-hydroxylation sites is 1. The monoisotopic (exact) mass is 303 g/mol. The van der Waals surface area contributed by atoms with Crippen LogP contribution in [0.5, 0.6) is 0 Å². The van der Waals surface area contributed by atoms with Crippen LogP contribution in [-0.4, -0.2) is 47.7 Å². The Hall–Kier alpha value is -2.41. The largest absolute Gasteiger partial charge is 0.353 e. The smallest absolute Gasteiger partial charge is 0.273 e. The molecular formula is C15H21N5O2. The van der Waals surface area contributed by atoms with Gasteiger partial charge in [-0.3, -0.25) is 14.7 Å². The molecule has 2 aromatic rings. The molecule has 1 aromatic heterocycles. The topological polar surface area (TPSA) is 98.9 Å². The van der Waals surface area contributed by atoms with Crippen LogP contribution in [0.3, 0.4) is 0 Å². The van der Waals surface area contributed by atoms with Crippen molar-refractivity contribution in [1.29, 1.82) is 0 Å². The van der Waals surface area contributed by atoms with E-state index in [4.69, 9.17) is 0 Å². The van der Waals surface area contributed by atoms with Crippen LogP contribution < -0.4 is 16.0 Å². The van der Waals surface area contributed by atoms with E-state index in [1.807, 2.05) is 31.2 Å². The number of aromatic nitrogens is 2. The van der Waals surface area contributed by atoms with Crippen LogP contribution in [0.25, 0.3) is 10.9 Å². The van der Waals surface area contributed by atoms with E-state index in [1.165, 1.54) is 0 Å². The minimum Gasteiger partial charge on any atom is -0.353 e. The Labute approximate surface area is 128 Å². The minimum atomic E-state index is -0.621. The van der Waals surface area contributed by atoms with Gasteiger partial charge in [0, 0.05) is 18.5 Å². The van der Waals surface area contributed by atoms with Crippen LogP contribution in [0.2, 0.25) is 0 Å². The van der Waals surface area contributed by atoms with Crippen molar-refractivity contribution in [2.45, 2.75) is 19.9 Å². The number of fused-ring (bicyclic) bond motifs is 1. The number of carbonyl (C=O) groups is 2. The Morgan fingerprint density at radius 1 is 1.27 bits per heavy atom. The number of aromatic amines is 1. The number of H-pyrrole nitrogens is 1. The lowest BCUT2D eigenvalue weighted by atomic mass is 10.2. The second-order valence-corrected chi connectivity index (χ2v) is 4.96. The summed E-state index contributed by atoms with van der Waals surface area (Å²) < 4.78 is 0. The summed E-state index contributed by atoms with van der Waals surface area (Å²) in [7, 11) is 0. The van der Waals surface area contributed by atoms with Crippen molar-refractivity contribution >= 4 is 22.7 Å². The first-order chi connectivity index (χ1) is 10.6. The summed E-state index contributed by atoms with van der Waals surface area (Å²) >= 11 is 0. The van der Waals surface area contributed by atoms with Gasteiger partial charge in [-0.2, -0.15) is 5.10 Å². The minimum absolute atomic E-state index is 0.217. The molecule has 4 N–H and O–H groups in total. The van der Waals surface area contributed by atoms with Crippen LogP contribution >= 0.6 is 0 Å². The normalized spacial score (nSPS) is 12.1. The number of benzene rings is 1. The molecular weight excluding hydrogens is 282 g/mol. The van der Waals surface area contributed by atoms with E-state index in [2.05, 4.69) is 26.1 Å². The third kappa shape index (κ3) is 3.82. The third-order valence-corrected chi connectivity index (χ3v) is 3.28. The van der Waals surface area contributed by atoms with Crippen molar-refractivity contribution in [3.8, 4) is 0 Å². The van der Waals surface area contributed by atoms with Gasteiger partial charge in [0.1, 0.15) is 6.04 Å². The number of rotatable bonds is 7. The third-order valence-electron chi connectivity index (χ3n) is 3.28. The number of hydrogen-bond donors (Lipinski definition) is 4. The fourth-order valence-electron chi connectivity index (χ4n) is 2.07. The van der Waals surface area contributed by atoms with Gasteiger partial charge in [0.25, 0.3) is 5.91 Å². The molecule has 0 saturated carbocycles. The molecule has 1 unspecified atom stereocenters. The average molecular weight is 303 g/mol. The lowest BCUT2D eigenvalue weighted by Gasteiger charge is -2.13. The maximum absolute atomic E-state index is 12.2. The number of likely N-dealkylation sites (N-methyl/N-ethyl adjacent to an activating group) is 1.